The van der Waals surface area contributed by atoms with Crippen molar-refractivity contribution >= 4 is 10.8 Å². The Balaban J connectivity index is 2.18. The summed E-state index contributed by atoms with van der Waals surface area (Å²) in [5, 5.41) is 2.48. The van der Waals surface area contributed by atoms with Gasteiger partial charge in [0.2, 0.25) is 0 Å². The highest BCUT2D eigenvalue weighted by molar-refractivity contribution is 5.88. The quantitative estimate of drug-likeness (QED) is 0.671. The van der Waals surface area contributed by atoms with E-state index in [2.05, 4.69) is 48.1 Å². The van der Waals surface area contributed by atoms with Gasteiger partial charge in [0.25, 0.3) is 0 Å². The number of rotatable bonds is 2. The number of pyridine rings is 2. The van der Waals surface area contributed by atoms with Crippen molar-refractivity contribution in [3.63, 3.8) is 0 Å². The molecule has 0 atom stereocenters. The summed E-state index contributed by atoms with van der Waals surface area (Å²) >= 11 is 0. The first-order chi connectivity index (χ1) is 9.25. The van der Waals surface area contributed by atoms with Gasteiger partial charge in [0, 0.05) is 29.5 Å². The number of fused-ring (bicyclic) bond motifs is 1. The SMILES string of the molecule is CC(C)c1cccc2cc(-c3cccnc3)ncc12. The second-order valence-electron chi connectivity index (χ2n) is 5.03. The van der Waals surface area contributed by atoms with Crippen LogP contribution in [0.2, 0.25) is 0 Å². The van der Waals surface area contributed by atoms with E-state index in [1.165, 1.54) is 16.3 Å². The predicted molar refractivity (Wildman–Crippen MR) is 79.1 cm³/mol. The van der Waals surface area contributed by atoms with Crippen molar-refractivity contribution in [3.8, 4) is 11.3 Å². The van der Waals surface area contributed by atoms with E-state index in [1.54, 1.807) is 6.20 Å². The van der Waals surface area contributed by atoms with Crippen molar-refractivity contribution in [2.45, 2.75) is 19.8 Å². The van der Waals surface area contributed by atoms with Gasteiger partial charge in [0.05, 0.1) is 5.69 Å². The molecule has 0 radical (unpaired) electrons. The number of benzene rings is 1. The molecule has 0 aliphatic rings. The molecule has 19 heavy (non-hydrogen) atoms. The molecule has 3 aromatic rings. The molecule has 0 unspecified atom stereocenters. The van der Waals surface area contributed by atoms with Crippen LogP contribution in [0.3, 0.4) is 0 Å². The van der Waals surface area contributed by atoms with Crippen molar-refractivity contribution in [3.05, 3.63) is 60.6 Å². The number of nitrogens with zero attached hydrogens (tertiary/aromatic N) is 2. The molecule has 2 aromatic heterocycles. The Morgan fingerprint density at radius 1 is 1.00 bits per heavy atom. The molecule has 0 spiro atoms. The third kappa shape index (κ3) is 2.22. The zero-order valence-electron chi connectivity index (χ0n) is 11.2. The fourth-order valence-corrected chi connectivity index (χ4v) is 2.37. The van der Waals surface area contributed by atoms with Crippen LogP contribution in [0.25, 0.3) is 22.0 Å². The number of aromatic nitrogens is 2. The van der Waals surface area contributed by atoms with Gasteiger partial charge in [-0.05, 0) is 35.1 Å². The first-order valence-corrected chi connectivity index (χ1v) is 6.55. The summed E-state index contributed by atoms with van der Waals surface area (Å²) in [7, 11) is 0. The zero-order chi connectivity index (χ0) is 13.2. The van der Waals surface area contributed by atoms with Crippen LogP contribution in [-0.4, -0.2) is 9.97 Å². The van der Waals surface area contributed by atoms with Gasteiger partial charge in [-0.25, -0.2) is 0 Å². The highest BCUT2D eigenvalue weighted by Gasteiger charge is 2.07. The fourth-order valence-electron chi connectivity index (χ4n) is 2.37. The summed E-state index contributed by atoms with van der Waals surface area (Å²) < 4.78 is 0. The summed E-state index contributed by atoms with van der Waals surface area (Å²) in [5.41, 5.74) is 3.38. The maximum Gasteiger partial charge on any atom is 0.0723 e. The van der Waals surface area contributed by atoms with Crippen LogP contribution in [0.1, 0.15) is 25.3 Å². The molecule has 0 aliphatic heterocycles. The van der Waals surface area contributed by atoms with Gasteiger partial charge in [-0.3, -0.25) is 9.97 Å². The summed E-state index contributed by atoms with van der Waals surface area (Å²) in [4.78, 5) is 8.73. The Morgan fingerprint density at radius 3 is 2.63 bits per heavy atom. The smallest absolute Gasteiger partial charge is 0.0723 e. The van der Waals surface area contributed by atoms with Crippen LogP contribution in [-0.2, 0) is 0 Å². The van der Waals surface area contributed by atoms with Crippen LogP contribution in [0.4, 0.5) is 0 Å². The van der Waals surface area contributed by atoms with E-state index in [1.807, 2.05) is 24.5 Å². The molecular formula is C17H16N2. The number of hydrogen-bond donors (Lipinski definition) is 0. The summed E-state index contributed by atoms with van der Waals surface area (Å²) in [6.45, 7) is 4.42. The molecule has 0 saturated carbocycles. The molecule has 2 heterocycles. The lowest BCUT2D eigenvalue weighted by Crippen LogP contribution is -1.91. The normalized spacial score (nSPS) is 11.1. The predicted octanol–water partition coefficient (Wildman–Crippen LogP) is 4.42. The highest BCUT2D eigenvalue weighted by atomic mass is 14.7. The molecule has 2 nitrogen and oxygen atoms in total. The van der Waals surface area contributed by atoms with E-state index in [0.717, 1.165) is 11.3 Å². The van der Waals surface area contributed by atoms with Gasteiger partial charge in [-0.1, -0.05) is 32.0 Å². The molecule has 0 bridgehead atoms. The molecule has 94 valence electrons. The second-order valence-corrected chi connectivity index (χ2v) is 5.03. The van der Waals surface area contributed by atoms with Crippen molar-refractivity contribution in [1.82, 2.24) is 9.97 Å². The van der Waals surface area contributed by atoms with Crippen LogP contribution in [0, 0.1) is 0 Å². The van der Waals surface area contributed by atoms with E-state index < -0.39 is 0 Å². The topological polar surface area (TPSA) is 25.8 Å². The van der Waals surface area contributed by atoms with Gasteiger partial charge < -0.3 is 0 Å². The van der Waals surface area contributed by atoms with Gasteiger partial charge in [0.15, 0.2) is 0 Å². The number of hydrogen-bond acceptors (Lipinski definition) is 2. The molecule has 1 aromatic carbocycles. The molecular weight excluding hydrogens is 232 g/mol. The van der Waals surface area contributed by atoms with Gasteiger partial charge in [0.1, 0.15) is 0 Å². The minimum atomic E-state index is 0.509. The lowest BCUT2D eigenvalue weighted by Gasteiger charge is -2.10. The minimum Gasteiger partial charge on any atom is -0.264 e. The van der Waals surface area contributed by atoms with Crippen LogP contribution >= 0.6 is 0 Å². The summed E-state index contributed by atoms with van der Waals surface area (Å²) in [5.74, 6) is 0.509. The third-order valence-electron chi connectivity index (χ3n) is 3.38. The molecule has 3 rings (SSSR count). The summed E-state index contributed by atoms with van der Waals surface area (Å²) in [6.07, 6.45) is 5.61. The molecule has 0 saturated heterocycles. The van der Waals surface area contributed by atoms with Gasteiger partial charge in [-0.15, -0.1) is 0 Å². The highest BCUT2D eigenvalue weighted by Crippen LogP contribution is 2.27. The monoisotopic (exact) mass is 248 g/mol. The molecule has 0 N–H and O–H groups in total. The van der Waals surface area contributed by atoms with Crippen molar-refractivity contribution in [2.75, 3.05) is 0 Å². The first-order valence-electron chi connectivity index (χ1n) is 6.55. The fraction of sp³-hybridized carbons (Fsp3) is 0.176. The van der Waals surface area contributed by atoms with Crippen molar-refractivity contribution < 1.29 is 0 Å². The Kier molecular flexibility index (Phi) is 3.00. The Bertz CT molecular complexity index is 703. The largest absolute Gasteiger partial charge is 0.264 e. The minimum absolute atomic E-state index is 0.509. The lowest BCUT2D eigenvalue weighted by atomic mass is 9.97. The molecule has 2 heteroatoms. The van der Waals surface area contributed by atoms with Crippen LogP contribution in [0.15, 0.2) is 55.0 Å². The van der Waals surface area contributed by atoms with E-state index in [-0.39, 0.29) is 0 Å². The maximum atomic E-state index is 4.58. The van der Waals surface area contributed by atoms with Crippen LogP contribution in [0.5, 0.6) is 0 Å². The lowest BCUT2D eigenvalue weighted by molar-refractivity contribution is 0.876. The van der Waals surface area contributed by atoms with E-state index in [9.17, 15) is 0 Å². The average Bonchev–Trinajstić information content (AvgIpc) is 2.47. The Morgan fingerprint density at radius 2 is 1.89 bits per heavy atom. The van der Waals surface area contributed by atoms with Crippen molar-refractivity contribution in [1.29, 1.82) is 0 Å². The second kappa shape index (κ2) is 4.81. The van der Waals surface area contributed by atoms with E-state index in [0.29, 0.717) is 5.92 Å². The molecule has 0 aliphatic carbocycles. The van der Waals surface area contributed by atoms with Gasteiger partial charge in [-0.2, -0.15) is 0 Å². The zero-order valence-corrected chi connectivity index (χ0v) is 11.2. The van der Waals surface area contributed by atoms with Crippen molar-refractivity contribution in [2.24, 2.45) is 0 Å². The summed E-state index contributed by atoms with van der Waals surface area (Å²) in [6, 6.07) is 12.5. The maximum absolute atomic E-state index is 4.58. The van der Waals surface area contributed by atoms with E-state index >= 15 is 0 Å². The van der Waals surface area contributed by atoms with Crippen LogP contribution < -0.4 is 0 Å². The van der Waals surface area contributed by atoms with E-state index in [4.69, 9.17) is 0 Å². The Labute approximate surface area is 113 Å². The average molecular weight is 248 g/mol. The first kappa shape index (κ1) is 11.8. The third-order valence-corrected chi connectivity index (χ3v) is 3.38. The van der Waals surface area contributed by atoms with Gasteiger partial charge >= 0.3 is 0 Å². The molecule has 0 fully saturated rings. The standard InChI is InChI=1S/C17H16N2/c1-12(2)15-7-3-5-13-9-17(19-11-16(13)15)14-6-4-8-18-10-14/h3-12H,1-2H3. The molecule has 0 amide bonds. The Hall–Kier alpha value is -2.22.